The van der Waals surface area contributed by atoms with Gasteiger partial charge in [-0.3, -0.25) is 15.6 Å². The second-order valence-electron chi connectivity index (χ2n) is 4.09. The molecule has 0 radical (unpaired) electrons. The van der Waals surface area contributed by atoms with Crippen molar-refractivity contribution in [1.29, 1.82) is 0 Å². The smallest absolute Gasteiger partial charge is 0.185 e. The third-order valence-corrected chi connectivity index (χ3v) is 2.85. The van der Waals surface area contributed by atoms with Crippen LogP contribution in [0.25, 0.3) is 0 Å². The number of anilines is 1. The van der Waals surface area contributed by atoms with Crippen molar-refractivity contribution in [3.05, 3.63) is 66.2 Å². The molecule has 102 valence electrons. The monoisotopic (exact) mass is 285 g/mol. The summed E-state index contributed by atoms with van der Waals surface area (Å²) in [5.41, 5.74) is 7.33. The average Bonchev–Trinajstić information content (AvgIpc) is 2.52. The van der Waals surface area contributed by atoms with Gasteiger partial charge in [-0.2, -0.15) is 0 Å². The van der Waals surface area contributed by atoms with Crippen molar-refractivity contribution in [2.45, 2.75) is 0 Å². The topological polar surface area (TPSA) is 53.2 Å². The second-order valence-corrected chi connectivity index (χ2v) is 4.50. The normalized spacial score (nSPS) is 9.60. The Morgan fingerprint density at radius 2 is 1.55 bits per heavy atom. The van der Waals surface area contributed by atoms with E-state index in [-0.39, 0.29) is 12.3 Å². The highest BCUT2D eigenvalue weighted by atomic mass is 32.1. The van der Waals surface area contributed by atoms with Crippen LogP contribution in [-0.2, 0) is 0 Å². The first-order valence-corrected chi connectivity index (χ1v) is 6.59. The number of ketones is 1. The third kappa shape index (κ3) is 4.37. The van der Waals surface area contributed by atoms with E-state index in [9.17, 15) is 4.79 Å². The summed E-state index contributed by atoms with van der Waals surface area (Å²) in [5, 5.41) is 3.23. The largest absolute Gasteiger partial charge is 0.354 e. The minimum absolute atomic E-state index is 0.00513. The van der Waals surface area contributed by atoms with Gasteiger partial charge in [0, 0.05) is 5.56 Å². The molecule has 0 fully saturated rings. The summed E-state index contributed by atoms with van der Waals surface area (Å²) >= 11 is 5.08. The van der Waals surface area contributed by atoms with E-state index in [4.69, 9.17) is 12.2 Å². The fourth-order valence-electron chi connectivity index (χ4n) is 1.58. The average molecular weight is 285 g/mol. The maximum atomic E-state index is 11.9. The van der Waals surface area contributed by atoms with E-state index in [0.717, 1.165) is 5.69 Å². The molecule has 0 amide bonds. The summed E-state index contributed by atoms with van der Waals surface area (Å²) in [6, 6.07) is 18.7. The summed E-state index contributed by atoms with van der Waals surface area (Å²) < 4.78 is 0. The quantitative estimate of drug-likeness (QED) is 0.447. The van der Waals surface area contributed by atoms with Crippen molar-refractivity contribution >= 4 is 28.8 Å². The first kappa shape index (κ1) is 14.0. The van der Waals surface area contributed by atoms with Crippen LogP contribution in [0.2, 0.25) is 0 Å². The lowest BCUT2D eigenvalue weighted by Gasteiger charge is -2.11. The van der Waals surface area contributed by atoms with Crippen LogP contribution in [0, 0.1) is 0 Å². The Kier molecular flexibility index (Phi) is 5.08. The van der Waals surface area contributed by atoms with Crippen molar-refractivity contribution in [3.8, 4) is 0 Å². The zero-order valence-electron chi connectivity index (χ0n) is 10.8. The van der Waals surface area contributed by atoms with Gasteiger partial charge >= 0.3 is 0 Å². The van der Waals surface area contributed by atoms with E-state index >= 15 is 0 Å². The predicted octanol–water partition coefficient (Wildman–Crippen LogP) is 2.36. The lowest BCUT2D eigenvalue weighted by atomic mass is 10.1. The molecule has 0 spiro atoms. The van der Waals surface area contributed by atoms with Crippen LogP contribution in [0.5, 0.6) is 0 Å². The van der Waals surface area contributed by atoms with Crippen molar-refractivity contribution in [1.82, 2.24) is 10.7 Å². The van der Waals surface area contributed by atoms with E-state index in [1.165, 1.54) is 0 Å². The van der Waals surface area contributed by atoms with Gasteiger partial charge in [-0.05, 0) is 24.4 Å². The van der Waals surface area contributed by atoms with Crippen LogP contribution >= 0.6 is 12.2 Å². The number of hydrogen-bond acceptors (Lipinski definition) is 3. The van der Waals surface area contributed by atoms with Crippen molar-refractivity contribution < 1.29 is 4.79 Å². The molecule has 0 heterocycles. The summed E-state index contributed by atoms with van der Waals surface area (Å²) in [6.07, 6.45) is 0. The number of nitrogens with one attached hydrogen (secondary N) is 3. The zero-order valence-corrected chi connectivity index (χ0v) is 11.6. The van der Waals surface area contributed by atoms with Crippen LogP contribution in [0.1, 0.15) is 10.4 Å². The van der Waals surface area contributed by atoms with Crippen LogP contribution in [-0.4, -0.2) is 17.4 Å². The second kappa shape index (κ2) is 7.25. The molecule has 2 aromatic carbocycles. The van der Waals surface area contributed by atoms with E-state index in [2.05, 4.69) is 16.2 Å². The molecule has 3 N–H and O–H groups in total. The maximum Gasteiger partial charge on any atom is 0.185 e. The molecular formula is C15H15N3OS. The summed E-state index contributed by atoms with van der Waals surface area (Å²) in [6.45, 7) is 0.159. The number of Topliss-reactive ketones (excluding diaryl/α,β-unsaturated/α-hetero) is 1. The van der Waals surface area contributed by atoms with Gasteiger partial charge in [0.1, 0.15) is 0 Å². The number of carbonyl (C=O) groups is 1. The molecule has 20 heavy (non-hydrogen) atoms. The molecule has 0 aliphatic carbocycles. The molecule has 2 rings (SSSR count). The first-order valence-electron chi connectivity index (χ1n) is 6.19. The minimum Gasteiger partial charge on any atom is -0.354 e. The SMILES string of the molecule is O=C(CNC(=S)NNc1ccccc1)c1ccccc1. The Morgan fingerprint density at radius 3 is 2.20 bits per heavy atom. The van der Waals surface area contributed by atoms with E-state index < -0.39 is 0 Å². The zero-order chi connectivity index (χ0) is 14.2. The fraction of sp³-hybridized carbons (Fsp3) is 0.0667. The third-order valence-electron chi connectivity index (χ3n) is 2.60. The minimum atomic E-state index is -0.00513. The number of carbonyl (C=O) groups excluding carboxylic acids is 1. The summed E-state index contributed by atoms with van der Waals surface area (Å²) in [5.74, 6) is -0.00513. The van der Waals surface area contributed by atoms with Crippen LogP contribution in [0.4, 0.5) is 5.69 Å². The van der Waals surface area contributed by atoms with Crippen LogP contribution < -0.4 is 16.2 Å². The summed E-state index contributed by atoms with van der Waals surface area (Å²) in [7, 11) is 0. The Balaban J connectivity index is 1.74. The highest BCUT2D eigenvalue weighted by Gasteiger charge is 2.05. The van der Waals surface area contributed by atoms with Crippen LogP contribution in [0.3, 0.4) is 0 Å². The Labute approximate surface area is 123 Å². The lowest BCUT2D eigenvalue weighted by Crippen LogP contribution is -2.41. The molecule has 0 aliphatic heterocycles. The van der Waals surface area contributed by atoms with Crippen molar-refractivity contribution in [2.75, 3.05) is 12.0 Å². The fourth-order valence-corrected chi connectivity index (χ4v) is 1.70. The highest BCUT2D eigenvalue weighted by Crippen LogP contribution is 2.02. The highest BCUT2D eigenvalue weighted by molar-refractivity contribution is 7.80. The molecule has 0 aliphatic rings. The van der Waals surface area contributed by atoms with Gasteiger partial charge in [0.05, 0.1) is 12.2 Å². The van der Waals surface area contributed by atoms with E-state index in [1.54, 1.807) is 12.1 Å². The molecule has 0 atom stereocenters. The molecule has 5 heteroatoms. The Bertz CT molecular complexity index is 572. The van der Waals surface area contributed by atoms with Gasteiger partial charge in [0.25, 0.3) is 0 Å². The van der Waals surface area contributed by atoms with E-state index in [1.807, 2.05) is 48.5 Å². The maximum absolute atomic E-state index is 11.9. The summed E-state index contributed by atoms with van der Waals surface area (Å²) in [4.78, 5) is 11.9. The van der Waals surface area contributed by atoms with Gasteiger partial charge < -0.3 is 5.32 Å². The first-order chi connectivity index (χ1) is 9.75. The number of benzene rings is 2. The number of hydrazine groups is 1. The Hall–Kier alpha value is -2.40. The predicted molar refractivity (Wildman–Crippen MR) is 84.6 cm³/mol. The molecule has 0 aromatic heterocycles. The molecule has 0 unspecified atom stereocenters. The number of thiocarbonyl (C=S) groups is 1. The van der Waals surface area contributed by atoms with Gasteiger partial charge in [0.15, 0.2) is 10.9 Å². The standard InChI is InChI=1S/C15H15N3OS/c19-14(12-7-3-1-4-8-12)11-16-15(20)18-17-13-9-5-2-6-10-13/h1-10,17H,11H2,(H2,16,18,20). The molecular weight excluding hydrogens is 270 g/mol. The molecule has 0 bridgehead atoms. The molecule has 2 aromatic rings. The van der Waals surface area contributed by atoms with Crippen LogP contribution in [0.15, 0.2) is 60.7 Å². The number of rotatable bonds is 5. The van der Waals surface area contributed by atoms with Gasteiger partial charge in [0.2, 0.25) is 0 Å². The Morgan fingerprint density at radius 1 is 0.950 bits per heavy atom. The van der Waals surface area contributed by atoms with Gasteiger partial charge in [-0.1, -0.05) is 48.5 Å². The lowest BCUT2D eigenvalue weighted by molar-refractivity contribution is 0.0996. The molecule has 0 saturated heterocycles. The number of hydrogen-bond donors (Lipinski definition) is 3. The van der Waals surface area contributed by atoms with Gasteiger partial charge in [-0.25, -0.2) is 0 Å². The van der Waals surface area contributed by atoms with Crippen molar-refractivity contribution in [2.24, 2.45) is 0 Å². The van der Waals surface area contributed by atoms with Gasteiger partial charge in [-0.15, -0.1) is 0 Å². The van der Waals surface area contributed by atoms with E-state index in [0.29, 0.717) is 10.7 Å². The van der Waals surface area contributed by atoms with Crippen molar-refractivity contribution in [3.63, 3.8) is 0 Å². The number of para-hydroxylation sites is 1. The molecule has 4 nitrogen and oxygen atoms in total. The molecule has 0 saturated carbocycles.